The number of aromatic nitrogens is 3. The molecule has 2 aromatic heterocycles. The van der Waals surface area contributed by atoms with E-state index in [-0.39, 0.29) is 5.91 Å². The number of aryl methyl sites for hydroxylation is 3. The summed E-state index contributed by atoms with van der Waals surface area (Å²) in [6, 6.07) is 7.69. The number of anilines is 1. The summed E-state index contributed by atoms with van der Waals surface area (Å²) in [4.78, 5) is 17.6. The van der Waals surface area contributed by atoms with Crippen LogP contribution in [0.3, 0.4) is 0 Å². The van der Waals surface area contributed by atoms with Gasteiger partial charge in [-0.15, -0.1) is 0 Å². The van der Waals surface area contributed by atoms with Gasteiger partial charge in [-0.05, 0) is 45.4 Å². The maximum Gasteiger partial charge on any atom is 0.267 e. The SMILES string of the molecule is Cc1cccc(NC(=O)c2sc(-n3nc(C)c(Cl)c3C)nc2C)c1. The molecule has 3 rings (SSSR count). The Labute approximate surface area is 149 Å². The predicted molar refractivity (Wildman–Crippen MR) is 97.6 cm³/mol. The number of amides is 1. The maximum atomic E-state index is 12.6. The quantitative estimate of drug-likeness (QED) is 0.749. The van der Waals surface area contributed by atoms with Gasteiger partial charge in [0.25, 0.3) is 5.91 Å². The lowest BCUT2D eigenvalue weighted by Crippen LogP contribution is -2.11. The molecular weight excluding hydrogens is 344 g/mol. The van der Waals surface area contributed by atoms with Crippen molar-refractivity contribution in [3.05, 3.63) is 56.8 Å². The first-order valence-corrected chi connectivity index (χ1v) is 8.64. The van der Waals surface area contributed by atoms with E-state index in [0.29, 0.717) is 20.7 Å². The Hall–Kier alpha value is -2.18. The number of benzene rings is 1. The zero-order chi connectivity index (χ0) is 17.4. The average molecular weight is 361 g/mol. The van der Waals surface area contributed by atoms with Crippen LogP contribution < -0.4 is 5.32 Å². The minimum absolute atomic E-state index is 0.172. The smallest absolute Gasteiger partial charge is 0.267 e. The standard InChI is InChI=1S/C17H17ClN4OS/c1-9-6-5-7-13(8-9)20-16(23)15-11(3)19-17(24-15)22-12(4)14(18)10(2)21-22/h5-8H,1-4H3,(H,20,23). The second-order valence-electron chi connectivity index (χ2n) is 5.63. The first kappa shape index (κ1) is 16.7. The highest BCUT2D eigenvalue weighted by molar-refractivity contribution is 7.16. The van der Waals surface area contributed by atoms with Crippen molar-refractivity contribution in [2.45, 2.75) is 27.7 Å². The molecule has 0 atom stereocenters. The van der Waals surface area contributed by atoms with Gasteiger partial charge in [-0.1, -0.05) is 35.1 Å². The van der Waals surface area contributed by atoms with E-state index in [2.05, 4.69) is 15.4 Å². The molecular formula is C17H17ClN4OS. The molecule has 1 aromatic carbocycles. The van der Waals surface area contributed by atoms with Gasteiger partial charge in [0, 0.05) is 5.69 Å². The highest BCUT2D eigenvalue weighted by Crippen LogP contribution is 2.27. The molecule has 0 saturated heterocycles. The van der Waals surface area contributed by atoms with Gasteiger partial charge in [-0.3, -0.25) is 4.79 Å². The highest BCUT2D eigenvalue weighted by atomic mass is 35.5. The topological polar surface area (TPSA) is 59.8 Å². The molecule has 1 N–H and O–H groups in total. The van der Waals surface area contributed by atoms with E-state index < -0.39 is 0 Å². The molecule has 0 unspecified atom stereocenters. The molecule has 0 aliphatic rings. The molecule has 24 heavy (non-hydrogen) atoms. The molecule has 124 valence electrons. The second-order valence-corrected chi connectivity index (χ2v) is 6.99. The minimum atomic E-state index is -0.172. The zero-order valence-electron chi connectivity index (χ0n) is 13.8. The van der Waals surface area contributed by atoms with Gasteiger partial charge in [-0.2, -0.15) is 5.10 Å². The molecule has 0 saturated carbocycles. The number of carbonyl (C=O) groups excluding carboxylic acids is 1. The Morgan fingerprint density at radius 2 is 1.96 bits per heavy atom. The molecule has 0 fully saturated rings. The molecule has 0 bridgehead atoms. The van der Waals surface area contributed by atoms with Crippen molar-refractivity contribution in [3.63, 3.8) is 0 Å². The first-order chi connectivity index (χ1) is 11.4. The summed E-state index contributed by atoms with van der Waals surface area (Å²) in [7, 11) is 0. The van der Waals surface area contributed by atoms with E-state index in [9.17, 15) is 4.79 Å². The Morgan fingerprint density at radius 1 is 1.21 bits per heavy atom. The molecule has 2 heterocycles. The number of rotatable bonds is 3. The van der Waals surface area contributed by atoms with Gasteiger partial charge < -0.3 is 5.32 Å². The van der Waals surface area contributed by atoms with Crippen LogP contribution in [0.15, 0.2) is 24.3 Å². The number of thiazole rings is 1. The van der Waals surface area contributed by atoms with Crippen LogP contribution in [0.2, 0.25) is 5.02 Å². The Kier molecular flexibility index (Phi) is 4.43. The summed E-state index contributed by atoms with van der Waals surface area (Å²) in [6.45, 7) is 7.53. The molecule has 0 radical (unpaired) electrons. The lowest BCUT2D eigenvalue weighted by molar-refractivity contribution is 0.103. The molecule has 7 heteroatoms. The van der Waals surface area contributed by atoms with Crippen molar-refractivity contribution < 1.29 is 4.79 Å². The van der Waals surface area contributed by atoms with Crippen LogP contribution >= 0.6 is 22.9 Å². The van der Waals surface area contributed by atoms with Crippen molar-refractivity contribution in [2.24, 2.45) is 0 Å². The Balaban J connectivity index is 1.91. The fourth-order valence-corrected chi connectivity index (χ4v) is 3.49. The fourth-order valence-electron chi connectivity index (χ4n) is 2.40. The van der Waals surface area contributed by atoms with Crippen LogP contribution in [0.4, 0.5) is 5.69 Å². The van der Waals surface area contributed by atoms with E-state index in [1.807, 2.05) is 52.0 Å². The number of hydrogen-bond acceptors (Lipinski definition) is 4. The van der Waals surface area contributed by atoms with E-state index in [0.717, 1.165) is 22.6 Å². The van der Waals surface area contributed by atoms with E-state index >= 15 is 0 Å². The normalized spacial score (nSPS) is 10.9. The van der Waals surface area contributed by atoms with Crippen molar-refractivity contribution in [3.8, 4) is 5.13 Å². The second kappa shape index (κ2) is 6.37. The first-order valence-electron chi connectivity index (χ1n) is 7.44. The van der Waals surface area contributed by atoms with Gasteiger partial charge in [0.15, 0.2) is 0 Å². The van der Waals surface area contributed by atoms with Crippen LogP contribution in [0.25, 0.3) is 5.13 Å². The minimum Gasteiger partial charge on any atom is -0.321 e. The lowest BCUT2D eigenvalue weighted by atomic mass is 10.2. The van der Waals surface area contributed by atoms with E-state index in [4.69, 9.17) is 11.6 Å². The highest BCUT2D eigenvalue weighted by Gasteiger charge is 2.19. The van der Waals surface area contributed by atoms with Gasteiger partial charge in [0.2, 0.25) is 5.13 Å². The van der Waals surface area contributed by atoms with Crippen molar-refractivity contribution in [1.82, 2.24) is 14.8 Å². The largest absolute Gasteiger partial charge is 0.321 e. The summed E-state index contributed by atoms with van der Waals surface area (Å²) >= 11 is 7.49. The van der Waals surface area contributed by atoms with Gasteiger partial charge in [0.1, 0.15) is 4.88 Å². The van der Waals surface area contributed by atoms with Crippen LogP contribution in [0.5, 0.6) is 0 Å². The van der Waals surface area contributed by atoms with E-state index in [1.165, 1.54) is 11.3 Å². The number of nitrogens with one attached hydrogen (secondary N) is 1. The van der Waals surface area contributed by atoms with Crippen molar-refractivity contribution >= 4 is 34.5 Å². The summed E-state index contributed by atoms with van der Waals surface area (Å²) < 4.78 is 1.68. The molecule has 5 nitrogen and oxygen atoms in total. The fraction of sp³-hybridized carbons (Fsp3) is 0.235. The third-order valence-electron chi connectivity index (χ3n) is 3.65. The number of nitrogens with zero attached hydrogens (tertiary/aromatic N) is 3. The zero-order valence-corrected chi connectivity index (χ0v) is 15.4. The third kappa shape index (κ3) is 3.07. The molecule has 0 spiro atoms. The molecule has 3 aromatic rings. The van der Waals surface area contributed by atoms with Crippen LogP contribution in [0.1, 0.15) is 32.3 Å². The van der Waals surface area contributed by atoms with Crippen molar-refractivity contribution in [1.29, 1.82) is 0 Å². The molecule has 1 amide bonds. The summed E-state index contributed by atoms with van der Waals surface area (Å²) in [5.74, 6) is -0.172. The molecule has 0 aliphatic carbocycles. The summed E-state index contributed by atoms with van der Waals surface area (Å²) in [6.07, 6.45) is 0. The third-order valence-corrected chi connectivity index (χ3v) is 5.33. The van der Waals surface area contributed by atoms with Crippen molar-refractivity contribution in [2.75, 3.05) is 5.32 Å². The lowest BCUT2D eigenvalue weighted by Gasteiger charge is -2.04. The monoisotopic (exact) mass is 360 g/mol. The number of carbonyl (C=O) groups is 1. The summed E-state index contributed by atoms with van der Waals surface area (Å²) in [5.41, 5.74) is 4.08. The van der Waals surface area contributed by atoms with Gasteiger partial charge in [-0.25, -0.2) is 9.67 Å². The Bertz CT molecular complexity index is 929. The van der Waals surface area contributed by atoms with Gasteiger partial charge >= 0.3 is 0 Å². The average Bonchev–Trinajstić information content (AvgIpc) is 3.03. The predicted octanol–water partition coefficient (Wildman–Crippen LogP) is 4.47. The number of hydrogen-bond donors (Lipinski definition) is 1. The summed E-state index contributed by atoms with van der Waals surface area (Å²) in [5, 5.41) is 8.55. The van der Waals surface area contributed by atoms with E-state index in [1.54, 1.807) is 4.68 Å². The van der Waals surface area contributed by atoms with Crippen LogP contribution in [-0.2, 0) is 0 Å². The number of halogens is 1. The van der Waals surface area contributed by atoms with Crippen LogP contribution in [0, 0.1) is 27.7 Å². The Morgan fingerprint density at radius 3 is 2.58 bits per heavy atom. The molecule has 0 aliphatic heterocycles. The maximum absolute atomic E-state index is 12.6. The van der Waals surface area contributed by atoms with Crippen LogP contribution in [-0.4, -0.2) is 20.7 Å². The van der Waals surface area contributed by atoms with Gasteiger partial charge in [0.05, 0.1) is 22.1 Å².